The first-order chi connectivity index (χ1) is 18.8. The molecule has 1 N–H and O–H groups in total. The van der Waals surface area contributed by atoms with Crippen molar-refractivity contribution in [2.24, 2.45) is 0 Å². The largest absolute Gasteiger partial charge is 0.494 e. The van der Waals surface area contributed by atoms with Gasteiger partial charge in [0.1, 0.15) is 17.9 Å². The molecule has 1 saturated heterocycles. The summed E-state index contributed by atoms with van der Waals surface area (Å²) in [6.07, 6.45) is 2.28. The molecular formula is C29H26ClIN2O6. The minimum Gasteiger partial charge on any atom is -0.494 e. The molecule has 1 fully saturated rings. The second kappa shape index (κ2) is 13.0. The van der Waals surface area contributed by atoms with Crippen LogP contribution >= 0.6 is 34.2 Å². The van der Waals surface area contributed by atoms with Crippen molar-refractivity contribution in [1.82, 2.24) is 5.32 Å². The number of benzene rings is 3. The first-order valence-corrected chi connectivity index (χ1v) is 13.7. The van der Waals surface area contributed by atoms with Gasteiger partial charge in [-0.3, -0.25) is 14.9 Å². The molecule has 0 saturated carbocycles. The van der Waals surface area contributed by atoms with Crippen LogP contribution < -0.4 is 24.4 Å². The van der Waals surface area contributed by atoms with Crippen LogP contribution in [-0.2, 0) is 16.2 Å². The van der Waals surface area contributed by atoms with Gasteiger partial charge in [-0.05, 0) is 102 Å². The zero-order valence-electron chi connectivity index (χ0n) is 21.3. The molecule has 8 nitrogen and oxygen atoms in total. The molecule has 0 bridgehead atoms. The molecule has 1 heterocycles. The van der Waals surface area contributed by atoms with Crippen LogP contribution in [0.3, 0.4) is 0 Å². The fourth-order valence-corrected chi connectivity index (χ4v) is 4.82. The number of barbiturate groups is 1. The number of hydrogen-bond donors (Lipinski definition) is 1. The molecule has 3 aromatic rings. The molecule has 0 unspecified atom stereocenters. The lowest BCUT2D eigenvalue weighted by molar-refractivity contribution is -0.122. The van der Waals surface area contributed by atoms with Crippen LogP contribution in [0, 0.1) is 3.57 Å². The fourth-order valence-electron chi connectivity index (χ4n) is 3.83. The van der Waals surface area contributed by atoms with E-state index in [9.17, 15) is 14.4 Å². The van der Waals surface area contributed by atoms with Crippen LogP contribution in [0.25, 0.3) is 6.08 Å². The van der Waals surface area contributed by atoms with Crippen LogP contribution in [0.1, 0.15) is 31.4 Å². The quantitative estimate of drug-likeness (QED) is 0.154. The molecule has 0 aromatic heterocycles. The highest BCUT2D eigenvalue weighted by Gasteiger charge is 2.37. The minimum absolute atomic E-state index is 0.188. The van der Waals surface area contributed by atoms with E-state index in [4.69, 9.17) is 25.8 Å². The monoisotopic (exact) mass is 660 g/mol. The lowest BCUT2D eigenvalue weighted by Gasteiger charge is -2.26. The van der Waals surface area contributed by atoms with E-state index in [1.807, 2.05) is 32.0 Å². The summed E-state index contributed by atoms with van der Waals surface area (Å²) in [4.78, 5) is 39.5. The summed E-state index contributed by atoms with van der Waals surface area (Å²) < 4.78 is 18.1. The van der Waals surface area contributed by atoms with Crippen molar-refractivity contribution in [1.29, 1.82) is 0 Å². The molecule has 4 amide bonds. The van der Waals surface area contributed by atoms with Crippen molar-refractivity contribution in [2.45, 2.75) is 26.9 Å². The van der Waals surface area contributed by atoms with E-state index in [0.717, 1.165) is 16.9 Å². The molecule has 3 aromatic carbocycles. The molecule has 0 aliphatic carbocycles. The molecular weight excluding hydrogens is 635 g/mol. The fraction of sp³-hybridized carbons (Fsp3) is 0.207. The Labute approximate surface area is 245 Å². The second-order valence-corrected chi connectivity index (χ2v) is 10.1. The zero-order valence-corrected chi connectivity index (χ0v) is 24.2. The average molecular weight is 661 g/mol. The molecule has 10 heteroatoms. The lowest BCUT2D eigenvalue weighted by atomic mass is 10.1. The smallest absolute Gasteiger partial charge is 0.335 e. The van der Waals surface area contributed by atoms with Gasteiger partial charge in [0.25, 0.3) is 11.8 Å². The highest BCUT2D eigenvalue weighted by atomic mass is 127. The minimum atomic E-state index is -0.821. The average Bonchev–Trinajstić information content (AvgIpc) is 2.90. The van der Waals surface area contributed by atoms with Gasteiger partial charge in [-0.15, -0.1) is 0 Å². The Kier molecular flexibility index (Phi) is 9.47. The van der Waals surface area contributed by atoms with E-state index in [1.165, 1.54) is 6.08 Å². The maximum absolute atomic E-state index is 13.3. The number of urea groups is 1. The number of anilines is 1. The summed E-state index contributed by atoms with van der Waals surface area (Å²) >= 11 is 8.19. The molecule has 1 aliphatic heterocycles. The first-order valence-electron chi connectivity index (χ1n) is 12.3. The highest BCUT2D eigenvalue weighted by Crippen LogP contribution is 2.36. The van der Waals surface area contributed by atoms with Crippen molar-refractivity contribution < 1.29 is 28.6 Å². The predicted octanol–water partition coefficient (Wildman–Crippen LogP) is 6.38. The Morgan fingerprint density at radius 2 is 1.74 bits per heavy atom. The first kappa shape index (κ1) is 28.4. The maximum atomic E-state index is 13.3. The zero-order chi connectivity index (χ0) is 27.9. The van der Waals surface area contributed by atoms with Crippen molar-refractivity contribution in [2.75, 3.05) is 18.1 Å². The highest BCUT2D eigenvalue weighted by molar-refractivity contribution is 14.1. The maximum Gasteiger partial charge on any atom is 0.335 e. The van der Waals surface area contributed by atoms with Gasteiger partial charge in [-0.25, -0.2) is 9.69 Å². The number of hydrogen-bond acceptors (Lipinski definition) is 6. The number of halogens is 2. The van der Waals surface area contributed by atoms with Crippen LogP contribution in [0.2, 0.25) is 5.02 Å². The summed E-state index contributed by atoms with van der Waals surface area (Å²) in [5.41, 5.74) is 1.56. The number of carbonyl (C=O) groups excluding carboxylic acids is 3. The molecule has 0 radical (unpaired) electrons. The van der Waals surface area contributed by atoms with Crippen LogP contribution in [0.5, 0.6) is 17.2 Å². The van der Waals surface area contributed by atoms with Crippen molar-refractivity contribution >= 4 is 63.8 Å². The van der Waals surface area contributed by atoms with Gasteiger partial charge in [0, 0.05) is 5.02 Å². The topological polar surface area (TPSA) is 94.2 Å². The second-order valence-electron chi connectivity index (χ2n) is 8.48. The molecule has 39 heavy (non-hydrogen) atoms. The van der Waals surface area contributed by atoms with Gasteiger partial charge in [0.05, 0.1) is 22.5 Å². The Balaban J connectivity index is 1.61. The third-order valence-electron chi connectivity index (χ3n) is 5.58. The summed E-state index contributed by atoms with van der Waals surface area (Å²) in [7, 11) is 0. The van der Waals surface area contributed by atoms with Crippen molar-refractivity contribution in [3.63, 3.8) is 0 Å². The number of imide groups is 2. The van der Waals surface area contributed by atoms with Gasteiger partial charge >= 0.3 is 6.03 Å². The summed E-state index contributed by atoms with van der Waals surface area (Å²) in [6.45, 7) is 5.05. The predicted molar refractivity (Wildman–Crippen MR) is 157 cm³/mol. The normalized spacial score (nSPS) is 14.4. The number of amides is 4. The number of ether oxygens (including phenoxy) is 3. The molecule has 0 atom stereocenters. The Bertz CT molecular complexity index is 1420. The molecule has 202 valence electrons. The summed E-state index contributed by atoms with van der Waals surface area (Å²) in [5, 5.41) is 2.86. The van der Waals surface area contributed by atoms with E-state index in [-0.39, 0.29) is 12.2 Å². The van der Waals surface area contributed by atoms with Crippen LogP contribution in [0.15, 0.2) is 66.2 Å². The van der Waals surface area contributed by atoms with Crippen molar-refractivity contribution in [3.05, 3.63) is 86.0 Å². The van der Waals surface area contributed by atoms with Crippen LogP contribution in [0.4, 0.5) is 10.5 Å². The molecule has 4 rings (SSSR count). The van der Waals surface area contributed by atoms with Gasteiger partial charge in [-0.1, -0.05) is 30.7 Å². The molecule has 1 aliphatic rings. The lowest BCUT2D eigenvalue weighted by Crippen LogP contribution is -2.54. The number of nitrogens with zero attached hydrogens (tertiary/aromatic N) is 1. The SMILES string of the molecule is CCCOc1ccc(N2C(=O)NC(=O)/C(=C/c3cc(I)c(OCc4cccc(Cl)c4)c(OCC)c3)C2=O)cc1. The van der Waals surface area contributed by atoms with Gasteiger partial charge < -0.3 is 14.2 Å². The van der Waals surface area contributed by atoms with Gasteiger partial charge in [0.15, 0.2) is 11.5 Å². The van der Waals surface area contributed by atoms with Gasteiger partial charge in [-0.2, -0.15) is 0 Å². The van der Waals surface area contributed by atoms with E-state index < -0.39 is 17.8 Å². The Morgan fingerprint density at radius 1 is 0.974 bits per heavy atom. The molecule has 0 spiro atoms. The number of rotatable bonds is 10. The Morgan fingerprint density at radius 3 is 2.44 bits per heavy atom. The summed E-state index contributed by atoms with van der Waals surface area (Å²) in [5.74, 6) is 0.0883. The Hall–Kier alpha value is -3.57. The van der Waals surface area contributed by atoms with E-state index in [2.05, 4.69) is 27.9 Å². The van der Waals surface area contributed by atoms with Gasteiger partial charge in [0.2, 0.25) is 0 Å². The summed E-state index contributed by atoms with van der Waals surface area (Å²) in [6, 6.07) is 16.5. The van der Waals surface area contributed by atoms with Crippen LogP contribution in [-0.4, -0.2) is 31.1 Å². The van der Waals surface area contributed by atoms with Crippen molar-refractivity contribution in [3.8, 4) is 17.2 Å². The third-order valence-corrected chi connectivity index (χ3v) is 6.62. The standard InChI is InChI=1S/C29H26ClIN2O6/c1-3-12-38-22-10-8-21(9-11-22)33-28(35)23(27(34)32-29(33)36)14-19-15-24(31)26(25(16-19)37-4-2)39-17-18-6-5-7-20(30)13-18/h5-11,13-16H,3-4,12,17H2,1-2H3,(H,32,34,36)/b23-14-. The number of nitrogens with one attached hydrogen (secondary N) is 1. The third kappa shape index (κ3) is 6.90. The van der Waals surface area contributed by atoms with E-state index >= 15 is 0 Å². The van der Waals surface area contributed by atoms with E-state index in [1.54, 1.807) is 42.5 Å². The number of carbonyl (C=O) groups is 3. The van der Waals surface area contributed by atoms with E-state index in [0.29, 0.717) is 50.3 Å².